The summed E-state index contributed by atoms with van der Waals surface area (Å²) in [5, 5.41) is 11.0. The van der Waals surface area contributed by atoms with Crippen LogP contribution in [-0.2, 0) is 6.18 Å². The molecule has 3 nitrogen and oxygen atoms in total. The second-order valence-corrected chi connectivity index (χ2v) is 5.43. The Morgan fingerprint density at radius 2 is 1.55 bits per heavy atom. The highest BCUT2D eigenvalue weighted by molar-refractivity contribution is 6.48. The van der Waals surface area contributed by atoms with Gasteiger partial charge in [-0.05, 0) is 29.8 Å². The third kappa shape index (κ3) is 3.29. The number of benzene rings is 2. The molecule has 2 rings (SSSR count). The van der Waals surface area contributed by atoms with E-state index in [4.69, 9.17) is 34.8 Å². The van der Waals surface area contributed by atoms with E-state index in [1.807, 2.05) is 0 Å². The lowest BCUT2D eigenvalue weighted by molar-refractivity contribution is -0.384. The molecule has 0 aliphatic heterocycles. The van der Waals surface area contributed by atoms with Gasteiger partial charge in [0.05, 0.1) is 31.1 Å². The van der Waals surface area contributed by atoms with E-state index in [0.29, 0.717) is 12.1 Å². The average molecular weight is 371 g/mol. The van der Waals surface area contributed by atoms with Crippen LogP contribution in [0.5, 0.6) is 0 Å². The lowest BCUT2D eigenvalue weighted by Gasteiger charge is -2.11. The van der Waals surface area contributed by atoms with Crippen LogP contribution in [0.25, 0.3) is 11.1 Å². The van der Waals surface area contributed by atoms with E-state index in [-0.39, 0.29) is 26.2 Å². The third-order valence-electron chi connectivity index (χ3n) is 2.82. The zero-order chi connectivity index (χ0) is 16.7. The van der Waals surface area contributed by atoms with Crippen molar-refractivity contribution in [2.45, 2.75) is 6.18 Å². The number of nitro groups is 1. The van der Waals surface area contributed by atoms with Crippen molar-refractivity contribution in [2.75, 3.05) is 0 Å². The van der Waals surface area contributed by atoms with Crippen LogP contribution in [0.15, 0.2) is 30.3 Å². The van der Waals surface area contributed by atoms with Crippen molar-refractivity contribution in [3.05, 3.63) is 61.1 Å². The van der Waals surface area contributed by atoms with Crippen LogP contribution in [-0.4, -0.2) is 4.92 Å². The first kappa shape index (κ1) is 16.9. The number of alkyl halides is 3. The minimum absolute atomic E-state index is 0.0155. The molecule has 0 unspecified atom stereocenters. The van der Waals surface area contributed by atoms with Crippen molar-refractivity contribution in [1.29, 1.82) is 0 Å². The van der Waals surface area contributed by atoms with Crippen molar-refractivity contribution in [2.24, 2.45) is 0 Å². The number of hydrogen-bond acceptors (Lipinski definition) is 2. The second-order valence-electron chi connectivity index (χ2n) is 4.24. The summed E-state index contributed by atoms with van der Waals surface area (Å²) in [6, 6.07) is 4.54. The number of hydrogen-bond donors (Lipinski definition) is 0. The van der Waals surface area contributed by atoms with E-state index in [1.165, 1.54) is 12.1 Å². The number of nitro benzene ring substituents is 1. The molecule has 0 bridgehead atoms. The maximum absolute atomic E-state index is 12.8. The molecular weight excluding hydrogens is 366 g/mol. The summed E-state index contributed by atoms with van der Waals surface area (Å²) in [4.78, 5) is 10.2. The Hall–Kier alpha value is -1.50. The smallest absolute Gasteiger partial charge is 0.258 e. The van der Waals surface area contributed by atoms with E-state index in [9.17, 15) is 23.3 Å². The molecule has 0 aromatic heterocycles. The monoisotopic (exact) mass is 369 g/mol. The van der Waals surface area contributed by atoms with E-state index in [2.05, 4.69) is 0 Å². The molecule has 0 amide bonds. The van der Waals surface area contributed by atoms with Crippen molar-refractivity contribution in [1.82, 2.24) is 0 Å². The second kappa shape index (κ2) is 5.95. The first-order chi connectivity index (χ1) is 10.1. The first-order valence-corrected chi connectivity index (χ1v) is 6.75. The number of rotatable bonds is 2. The Kier molecular flexibility index (Phi) is 4.56. The Morgan fingerprint density at radius 1 is 1.00 bits per heavy atom. The van der Waals surface area contributed by atoms with Gasteiger partial charge >= 0.3 is 6.18 Å². The molecule has 0 atom stereocenters. The highest BCUT2D eigenvalue weighted by atomic mass is 35.5. The predicted octanol–water partition coefficient (Wildman–Crippen LogP) is 6.24. The minimum atomic E-state index is -4.64. The summed E-state index contributed by atoms with van der Waals surface area (Å²) in [5.74, 6) is 0. The van der Waals surface area contributed by atoms with E-state index in [1.54, 1.807) is 0 Å². The molecule has 0 radical (unpaired) electrons. The van der Waals surface area contributed by atoms with Crippen LogP contribution in [0.1, 0.15) is 5.56 Å². The minimum Gasteiger partial charge on any atom is -0.258 e. The molecule has 0 aliphatic rings. The standard InChI is InChI=1S/C13H5Cl3F3NO2/c14-9-3-6(4-10(15)12(9)16)8-5-7(13(17,18)19)1-2-11(8)20(21)22/h1-5H. The highest BCUT2D eigenvalue weighted by Gasteiger charge is 2.32. The Balaban J connectivity index is 2.74. The topological polar surface area (TPSA) is 43.1 Å². The van der Waals surface area contributed by atoms with Crippen LogP contribution >= 0.6 is 34.8 Å². The summed E-state index contributed by atoms with van der Waals surface area (Å²) in [6.45, 7) is 0. The quantitative estimate of drug-likeness (QED) is 0.357. The molecule has 2 aromatic rings. The van der Waals surface area contributed by atoms with E-state index in [0.717, 1.165) is 6.07 Å². The van der Waals surface area contributed by atoms with Crippen LogP contribution in [0.3, 0.4) is 0 Å². The van der Waals surface area contributed by atoms with Crippen LogP contribution < -0.4 is 0 Å². The summed E-state index contributed by atoms with van der Waals surface area (Å²) < 4.78 is 38.4. The van der Waals surface area contributed by atoms with Gasteiger partial charge in [-0.2, -0.15) is 13.2 Å². The van der Waals surface area contributed by atoms with Crippen molar-refractivity contribution in [3.8, 4) is 11.1 Å². The van der Waals surface area contributed by atoms with Gasteiger partial charge in [0.1, 0.15) is 0 Å². The normalized spacial score (nSPS) is 11.5. The van der Waals surface area contributed by atoms with Crippen LogP contribution in [0, 0.1) is 10.1 Å². The van der Waals surface area contributed by atoms with Gasteiger partial charge in [0.2, 0.25) is 0 Å². The molecule has 0 N–H and O–H groups in total. The van der Waals surface area contributed by atoms with Crippen molar-refractivity contribution in [3.63, 3.8) is 0 Å². The molecule has 0 saturated heterocycles. The third-order valence-corrected chi connectivity index (χ3v) is 4.01. The molecule has 0 fully saturated rings. The van der Waals surface area contributed by atoms with Crippen LogP contribution in [0.4, 0.5) is 18.9 Å². The van der Waals surface area contributed by atoms with Gasteiger partial charge in [-0.3, -0.25) is 10.1 Å². The molecule has 9 heteroatoms. The van der Waals surface area contributed by atoms with Gasteiger partial charge in [0, 0.05) is 6.07 Å². The molecular formula is C13H5Cl3F3NO2. The fraction of sp³-hybridized carbons (Fsp3) is 0.0769. The van der Waals surface area contributed by atoms with E-state index < -0.39 is 22.4 Å². The molecule has 0 spiro atoms. The van der Waals surface area contributed by atoms with Gasteiger partial charge in [-0.25, -0.2) is 0 Å². The zero-order valence-electron chi connectivity index (χ0n) is 10.4. The van der Waals surface area contributed by atoms with Crippen molar-refractivity contribution < 1.29 is 18.1 Å². The molecule has 0 heterocycles. The zero-order valence-corrected chi connectivity index (χ0v) is 12.7. The molecule has 22 heavy (non-hydrogen) atoms. The van der Waals surface area contributed by atoms with E-state index >= 15 is 0 Å². The average Bonchev–Trinajstić information content (AvgIpc) is 2.42. The summed E-state index contributed by atoms with van der Waals surface area (Å²) in [6.07, 6.45) is -4.64. The first-order valence-electron chi connectivity index (χ1n) is 5.62. The van der Waals surface area contributed by atoms with Crippen molar-refractivity contribution >= 4 is 40.5 Å². The van der Waals surface area contributed by atoms with Gasteiger partial charge in [0.25, 0.3) is 5.69 Å². The summed E-state index contributed by atoms with van der Waals surface area (Å²) >= 11 is 17.4. The predicted molar refractivity (Wildman–Crippen MR) is 78.6 cm³/mol. The maximum atomic E-state index is 12.8. The molecule has 0 aliphatic carbocycles. The molecule has 2 aromatic carbocycles. The fourth-order valence-corrected chi connectivity index (χ4v) is 2.41. The molecule has 0 saturated carbocycles. The fourth-order valence-electron chi connectivity index (χ4n) is 1.81. The lowest BCUT2D eigenvalue weighted by Crippen LogP contribution is -2.05. The summed E-state index contributed by atoms with van der Waals surface area (Å²) in [7, 11) is 0. The van der Waals surface area contributed by atoms with Gasteiger partial charge in [0.15, 0.2) is 0 Å². The highest BCUT2D eigenvalue weighted by Crippen LogP contribution is 2.40. The Bertz CT molecular complexity index is 740. The largest absolute Gasteiger partial charge is 0.416 e. The SMILES string of the molecule is O=[N+]([O-])c1ccc(C(F)(F)F)cc1-c1cc(Cl)c(Cl)c(Cl)c1. The maximum Gasteiger partial charge on any atom is 0.416 e. The van der Waals surface area contributed by atoms with Gasteiger partial charge in [-0.1, -0.05) is 34.8 Å². The molecule has 116 valence electrons. The van der Waals surface area contributed by atoms with Crippen LogP contribution in [0.2, 0.25) is 15.1 Å². The number of halogens is 6. The Morgan fingerprint density at radius 3 is 2.00 bits per heavy atom. The number of nitrogens with zero attached hydrogens (tertiary/aromatic N) is 1. The van der Waals surface area contributed by atoms with Gasteiger partial charge < -0.3 is 0 Å². The Labute approximate surface area is 137 Å². The summed E-state index contributed by atoms with van der Waals surface area (Å²) in [5.41, 5.74) is -1.70. The van der Waals surface area contributed by atoms with Gasteiger partial charge in [-0.15, -0.1) is 0 Å². The lowest BCUT2D eigenvalue weighted by atomic mass is 10.0.